The van der Waals surface area contributed by atoms with Gasteiger partial charge in [-0.3, -0.25) is 0 Å². The molecule has 0 saturated carbocycles. The van der Waals surface area contributed by atoms with E-state index in [1.165, 1.54) is 17.7 Å². The minimum atomic E-state index is -4.39. The van der Waals surface area contributed by atoms with Crippen LogP contribution in [0.1, 0.15) is 55.8 Å². The van der Waals surface area contributed by atoms with Crippen LogP contribution < -0.4 is 4.90 Å². The van der Waals surface area contributed by atoms with Gasteiger partial charge in [0.15, 0.2) is 0 Å². The molecule has 0 aromatic heterocycles. The molecule has 0 radical (unpaired) electrons. The van der Waals surface area contributed by atoms with Crippen LogP contribution in [-0.4, -0.2) is 17.1 Å². The first-order valence-corrected chi connectivity index (χ1v) is 9.58. The lowest BCUT2D eigenvalue weighted by atomic mass is 9.90. The van der Waals surface area contributed by atoms with Crippen molar-refractivity contribution in [1.82, 2.24) is 0 Å². The van der Waals surface area contributed by atoms with Gasteiger partial charge in [0.05, 0.1) is 23.2 Å². The molecule has 1 aliphatic heterocycles. The van der Waals surface area contributed by atoms with E-state index in [2.05, 4.69) is 13.8 Å². The number of nitrogens with zero attached hydrogens (tertiary/aromatic N) is 1. The monoisotopic (exact) mass is 403 g/mol. The van der Waals surface area contributed by atoms with E-state index in [0.29, 0.717) is 17.9 Å². The fraction of sp³-hybridized carbons (Fsp3) is 0.348. The fourth-order valence-electron chi connectivity index (χ4n) is 3.83. The summed E-state index contributed by atoms with van der Waals surface area (Å²) in [6.45, 7) is 6.00. The maximum atomic E-state index is 12.9. The number of hydrogen-bond acceptors (Lipinski definition) is 2. The van der Waals surface area contributed by atoms with Gasteiger partial charge in [0.2, 0.25) is 0 Å². The van der Waals surface area contributed by atoms with Crippen molar-refractivity contribution in [2.24, 2.45) is 0 Å². The summed E-state index contributed by atoms with van der Waals surface area (Å²) in [6.07, 6.45) is -2.31. The average Bonchev–Trinajstić information content (AvgIpc) is 2.67. The zero-order chi connectivity index (χ0) is 21.3. The van der Waals surface area contributed by atoms with Crippen molar-refractivity contribution in [2.45, 2.75) is 51.4 Å². The summed E-state index contributed by atoms with van der Waals surface area (Å²) in [7, 11) is 0. The lowest BCUT2D eigenvalue weighted by Crippen LogP contribution is -2.42. The number of carbonyl (C=O) groups is 1. The molecular weight excluding hydrogens is 379 g/mol. The molecule has 2 aromatic carbocycles. The highest BCUT2D eigenvalue weighted by Gasteiger charge is 2.35. The number of benzene rings is 2. The van der Waals surface area contributed by atoms with Crippen LogP contribution >= 0.6 is 0 Å². The molecule has 3 nitrogen and oxygen atoms in total. The average molecular weight is 403 g/mol. The molecule has 1 heterocycles. The Morgan fingerprint density at radius 2 is 1.66 bits per heavy atom. The van der Waals surface area contributed by atoms with E-state index in [9.17, 15) is 23.1 Å². The Balaban J connectivity index is 2.02. The van der Waals surface area contributed by atoms with Gasteiger partial charge in [0.1, 0.15) is 0 Å². The summed E-state index contributed by atoms with van der Waals surface area (Å²) in [5.41, 5.74) is 2.33. The highest BCUT2D eigenvalue weighted by atomic mass is 19.4. The molecule has 3 rings (SSSR count). The normalized spacial score (nSPS) is 20.0. The number of carboxylic acid groups (broad SMARTS) is 1. The molecule has 0 saturated heterocycles. The second kappa shape index (κ2) is 7.93. The van der Waals surface area contributed by atoms with Crippen molar-refractivity contribution >= 4 is 11.7 Å². The number of alkyl halides is 3. The van der Waals surface area contributed by atoms with Crippen LogP contribution in [-0.2, 0) is 11.0 Å². The zero-order valence-electron chi connectivity index (χ0n) is 16.6. The van der Waals surface area contributed by atoms with Crippen molar-refractivity contribution in [3.8, 4) is 0 Å². The highest BCUT2D eigenvalue weighted by Crippen LogP contribution is 2.39. The van der Waals surface area contributed by atoms with Crippen LogP contribution in [0.4, 0.5) is 18.9 Å². The van der Waals surface area contributed by atoms with Crippen molar-refractivity contribution in [3.63, 3.8) is 0 Å². The Bertz CT molecular complexity index is 899. The first-order chi connectivity index (χ1) is 13.6. The summed E-state index contributed by atoms with van der Waals surface area (Å²) < 4.78 is 38.8. The van der Waals surface area contributed by atoms with Crippen LogP contribution in [0.25, 0.3) is 0 Å². The van der Waals surface area contributed by atoms with Crippen molar-refractivity contribution in [3.05, 3.63) is 76.9 Å². The Labute approximate surface area is 168 Å². The molecular formula is C23H24F3NO2. The molecule has 0 amide bonds. The van der Waals surface area contributed by atoms with E-state index < -0.39 is 23.8 Å². The standard InChI is InChI=1S/C23H24F3NO2/c1-14(2)16-6-10-19(11-7-16)27-15(3)20(22(28)29)12-13-21(27)17-4-8-18(9-5-17)23(24,25)26/h4-12,14-15,21H,13H2,1-3H3,(H,28,29). The Kier molecular flexibility index (Phi) is 5.73. The van der Waals surface area contributed by atoms with E-state index in [-0.39, 0.29) is 6.04 Å². The maximum Gasteiger partial charge on any atom is 0.416 e. The SMILES string of the molecule is CC(C)c1ccc(N2C(C)C(C(=O)O)=CCC2c2ccc(C(F)(F)F)cc2)cc1. The molecule has 0 aliphatic carbocycles. The van der Waals surface area contributed by atoms with Crippen LogP contribution in [0.2, 0.25) is 0 Å². The lowest BCUT2D eigenvalue weighted by molar-refractivity contribution is -0.137. The molecule has 2 unspecified atom stereocenters. The molecule has 0 spiro atoms. The highest BCUT2D eigenvalue weighted by molar-refractivity contribution is 5.89. The zero-order valence-corrected chi connectivity index (χ0v) is 16.6. The Morgan fingerprint density at radius 1 is 1.07 bits per heavy atom. The van der Waals surface area contributed by atoms with Crippen molar-refractivity contribution in [2.75, 3.05) is 4.90 Å². The summed E-state index contributed by atoms with van der Waals surface area (Å²) in [6, 6.07) is 12.4. The topological polar surface area (TPSA) is 40.5 Å². The molecule has 29 heavy (non-hydrogen) atoms. The lowest BCUT2D eigenvalue weighted by Gasteiger charge is -2.42. The number of anilines is 1. The molecule has 1 aliphatic rings. The van der Waals surface area contributed by atoms with Gasteiger partial charge < -0.3 is 10.0 Å². The van der Waals surface area contributed by atoms with E-state index in [4.69, 9.17) is 0 Å². The van der Waals surface area contributed by atoms with Gasteiger partial charge in [0, 0.05) is 5.69 Å². The minimum Gasteiger partial charge on any atom is -0.478 e. The van der Waals surface area contributed by atoms with E-state index >= 15 is 0 Å². The molecule has 0 bridgehead atoms. The fourth-order valence-corrected chi connectivity index (χ4v) is 3.83. The van der Waals surface area contributed by atoms with E-state index in [0.717, 1.165) is 23.4 Å². The number of carboxylic acids is 1. The number of hydrogen-bond donors (Lipinski definition) is 1. The number of rotatable bonds is 4. The minimum absolute atomic E-state index is 0.250. The third kappa shape index (κ3) is 4.31. The molecule has 2 aromatic rings. The van der Waals surface area contributed by atoms with Crippen LogP contribution in [0.5, 0.6) is 0 Å². The molecule has 1 N–H and O–H groups in total. The third-order valence-corrected chi connectivity index (χ3v) is 5.49. The van der Waals surface area contributed by atoms with Gasteiger partial charge in [-0.1, -0.05) is 44.2 Å². The summed E-state index contributed by atoms with van der Waals surface area (Å²) in [5, 5.41) is 9.55. The van der Waals surface area contributed by atoms with Crippen molar-refractivity contribution in [1.29, 1.82) is 0 Å². The van der Waals surface area contributed by atoms with Crippen LogP contribution in [0, 0.1) is 0 Å². The predicted molar refractivity (Wildman–Crippen MR) is 107 cm³/mol. The van der Waals surface area contributed by atoms with Gasteiger partial charge in [-0.25, -0.2) is 4.79 Å². The smallest absolute Gasteiger partial charge is 0.416 e. The molecule has 154 valence electrons. The quantitative estimate of drug-likeness (QED) is 0.663. The van der Waals surface area contributed by atoms with Crippen LogP contribution in [0.15, 0.2) is 60.2 Å². The van der Waals surface area contributed by atoms with E-state index in [1.54, 1.807) is 6.08 Å². The van der Waals surface area contributed by atoms with Gasteiger partial charge in [-0.15, -0.1) is 0 Å². The van der Waals surface area contributed by atoms with E-state index in [1.807, 2.05) is 36.1 Å². The van der Waals surface area contributed by atoms with Gasteiger partial charge in [-0.05, 0) is 54.7 Å². The largest absolute Gasteiger partial charge is 0.478 e. The third-order valence-electron chi connectivity index (χ3n) is 5.49. The van der Waals surface area contributed by atoms with Gasteiger partial charge >= 0.3 is 12.1 Å². The first kappa shape index (κ1) is 21.0. The van der Waals surface area contributed by atoms with Gasteiger partial charge in [-0.2, -0.15) is 13.2 Å². The molecule has 2 atom stereocenters. The summed E-state index contributed by atoms with van der Waals surface area (Å²) >= 11 is 0. The second-order valence-corrected chi connectivity index (χ2v) is 7.67. The second-order valence-electron chi connectivity index (χ2n) is 7.67. The summed E-state index contributed by atoms with van der Waals surface area (Å²) in [4.78, 5) is 13.6. The molecule has 0 fully saturated rings. The Morgan fingerprint density at radius 3 is 2.14 bits per heavy atom. The predicted octanol–water partition coefficient (Wildman–Crippen LogP) is 6.18. The Hall–Kier alpha value is -2.76. The van der Waals surface area contributed by atoms with Crippen molar-refractivity contribution < 1.29 is 23.1 Å². The number of aliphatic carboxylic acids is 1. The first-order valence-electron chi connectivity index (χ1n) is 9.58. The number of halogens is 3. The van der Waals surface area contributed by atoms with Gasteiger partial charge in [0.25, 0.3) is 0 Å². The molecule has 6 heteroatoms. The summed E-state index contributed by atoms with van der Waals surface area (Å²) in [5.74, 6) is -0.616. The van der Waals surface area contributed by atoms with Crippen LogP contribution in [0.3, 0.4) is 0 Å². The maximum absolute atomic E-state index is 12.9.